The van der Waals surface area contributed by atoms with E-state index in [2.05, 4.69) is 0 Å². The highest BCUT2D eigenvalue weighted by molar-refractivity contribution is 8.02. The van der Waals surface area contributed by atoms with Gasteiger partial charge in [0.1, 0.15) is 5.44 Å². The molecule has 0 aliphatic carbocycles. The van der Waals surface area contributed by atoms with Crippen LogP contribution in [-0.2, 0) is 19.4 Å². The Kier molecular flexibility index (Phi) is 2.44. The minimum Gasteiger partial charge on any atom is -0.375 e. The fraction of sp³-hybridized carbons (Fsp3) is 1.00. The number of hydrogen-bond acceptors (Lipinski definition) is 3. The highest BCUT2D eigenvalue weighted by atomic mass is 32.2. The van der Waals surface area contributed by atoms with Gasteiger partial charge in [-0.05, 0) is 12.5 Å². The lowest BCUT2D eigenvalue weighted by atomic mass is 10.6. The average Bonchev–Trinajstić information content (AvgIpc) is 1.88. The molecule has 1 fully saturated rings. The van der Waals surface area contributed by atoms with Gasteiger partial charge in [-0.3, -0.25) is 4.21 Å². The van der Waals surface area contributed by atoms with Gasteiger partial charge < -0.3 is 9.47 Å². The molecule has 1 saturated heterocycles. The van der Waals surface area contributed by atoms with Crippen molar-refractivity contribution in [3.63, 3.8) is 0 Å². The van der Waals surface area contributed by atoms with E-state index in [1.165, 1.54) is 0 Å². The Balaban J connectivity index is 2.47. The maximum atomic E-state index is 11.4. The first-order valence-corrected chi connectivity index (χ1v) is 6.02. The molecule has 0 aromatic rings. The van der Waals surface area contributed by atoms with Crippen LogP contribution in [0.3, 0.4) is 0 Å². The Morgan fingerprint density at radius 1 is 1.40 bits per heavy atom. The van der Waals surface area contributed by atoms with Gasteiger partial charge in [0.05, 0.1) is 19.8 Å². The Hall–Kier alpha value is 0.0700. The normalized spacial score (nSPS) is 30.0. The first-order valence-electron chi connectivity index (χ1n) is 3.35. The van der Waals surface area contributed by atoms with Crippen molar-refractivity contribution in [3.8, 4) is 0 Å². The summed E-state index contributed by atoms with van der Waals surface area (Å²) >= 11 is 0. The van der Waals surface area contributed by atoms with Crippen molar-refractivity contribution < 1.29 is 13.7 Å². The zero-order valence-electron chi connectivity index (χ0n) is 6.37. The van der Waals surface area contributed by atoms with E-state index < -0.39 is 9.93 Å². The fourth-order valence-electron chi connectivity index (χ4n) is 0.834. The predicted octanol–water partition coefficient (Wildman–Crippen LogP) is -0.364. The van der Waals surface area contributed by atoms with Gasteiger partial charge in [0.25, 0.3) is 0 Å². The van der Waals surface area contributed by atoms with Crippen molar-refractivity contribution in [1.82, 2.24) is 0 Å². The monoisotopic (exact) mass is 166 g/mol. The van der Waals surface area contributed by atoms with Crippen LogP contribution >= 0.6 is 0 Å². The first kappa shape index (κ1) is 8.17. The van der Waals surface area contributed by atoms with Gasteiger partial charge in [0.15, 0.2) is 0 Å². The van der Waals surface area contributed by atoms with Gasteiger partial charge in [-0.1, -0.05) is 9.93 Å². The smallest absolute Gasteiger partial charge is 0.133 e. The second-order valence-electron chi connectivity index (χ2n) is 2.83. The molecule has 1 heterocycles. The third-order valence-corrected chi connectivity index (χ3v) is 3.18. The summed E-state index contributed by atoms with van der Waals surface area (Å²) in [7, 11) is -2.09. The summed E-state index contributed by atoms with van der Waals surface area (Å²) in [5.41, 5.74) is -0.166. The van der Waals surface area contributed by atoms with Crippen molar-refractivity contribution in [2.75, 3.05) is 32.3 Å². The molecule has 1 rings (SSSR count). The summed E-state index contributed by atoms with van der Waals surface area (Å²) in [6.07, 6.45) is 3.46. The summed E-state index contributed by atoms with van der Waals surface area (Å²) in [4.78, 5) is 0. The summed E-state index contributed by atoms with van der Waals surface area (Å²) in [5, 5.41) is 0. The molecule has 0 amide bonds. The summed E-state index contributed by atoms with van der Waals surface area (Å²) < 4.78 is 21.7. The van der Waals surface area contributed by atoms with Crippen LogP contribution in [0, 0.1) is 0 Å². The molecule has 10 heavy (non-hydrogen) atoms. The summed E-state index contributed by atoms with van der Waals surface area (Å²) in [5.74, 6) is 0. The van der Waals surface area contributed by atoms with Crippen LogP contribution in [0.5, 0.6) is 0 Å². The molecular formula is C6H14O3S. The third kappa shape index (κ3) is 2.04. The number of thiol groups is 1. The fourth-order valence-corrected chi connectivity index (χ4v) is 1.76. The Morgan fingerprint density at radius 2 is 2.10 bits per heavy atom. The van der Waals surface area contributed by atoms with Crippen molar-refractivity contribution >= 4 is 9.93 Å². The third-order valence-electron chi connectivity index (χ3n) is 1.49. The molecule has 1 unspecified atom stereocenters. The molecule has 0 saturated carbocycles. The highest BCUT2D eigenvalue weighted by Crippen LogP contribution is 2.10. The summed E-state index contributed by atoms with van der Waals surface area (Å²) in [6, 6.07) is 0. The van der Waals surface area contributed by atoms with Gasteiger partial charge >= 0.3 is 0 Å². The molecule has 0 N–H and O–H groups in total. The zero-order valence-corrected chi connectivity index (χ0v) is 7.27. The van der Waals surface area contributed by atoms with Crippen LogP contribution in [-0.4, -0.2) is 42.0 Å². The second kappa shape index (κ2) is 2.98. The van der Waals surface area contributed by atoms with Crippen LogP contribution < -0.4 is 0 Å². The minimum atomic E-state index is -2.09. The van der Waals surface area contributed by atoms with E-state index in [9.17, 15) is 4.21 Å². The van der Waals surface area contributed by atoms with Crippen molar-refractivity contribution in [3.05, 3.63) is 0 Å². The minimum absolute atomic E-state index is 0.166. The predicted molar refractivity (Wildman–Crippen MR) is 41.9 cm³/mol. The molecule has 1 aliphatic rings. The van der Waals surface area contributed by atoms with E-state index in [1.807, 2.05) is 0 Å². The Morgan fingerprint density at radius 3 is 2.40 bits per heavy atom. The van der Waals surface area contributed by atoms with Gasteiger partial charge in [-0.25, -0.2) is 0 Å². The quantitative estimate of drug-likeness (QED) is 0.540. The van der Waals surface area contributed by atoms with Crippen molar-refractivity contribution in [2.45, 2.75) is 5.44 Å². The van der Waals surface area contributed by atoms with Crippen LogP contribution in [0.4, 0.5) is 0 Å². The van der Waals surface area contributed by atoms with E-state index in [4.69, 9.17) is 9.47 Å². The van der Waals surface area contributed by atoms with E-state index in [0.717, 1.165) is 0 Å². The van der Waals surface area contributed by atoms with Gasteiger partial charge in [-0.15, -0.1) is 0 Å². The van der Waals surface area contributed by atoms with Crippen molar-refractivity contribution in [1.29, 1.82) is 0 Å². The average molecular weight is 166 g/mol. The Bertz CT molecular complexity index is 145. The molecule has 0 radical (unpaired) electrons. The van der Waals surface area contributed by atoms with E-state index in [1.54, 1.807) is 12.5 Å². The largest absolute Gasteiger partial charge is 0.375 e. The molecule has 62 valence electrons. The lowest BCUT2D eigenvalue weighted by Gasteiger charge is -2.28. The van der Waals surface area contributed by atoms with Crippen molar-refractivity contribution in [2.24, 2.45) is 0 Å². The van der Waals surface area contributed by atoms with Gasteiger partial charge in [-0.2, -0.15) is 0 Å². The maximum absolute atomic E-state index is 11.4. The first-order chi connectivity index (χ1) is 4.61. The van der Waals surface area contributed by atoms with Gasteiger partial charge in [0, 0.05) is 0 Å². The second-order valence-corrected chi connectivity index (χ2v) is 6.28. The van der Waals surface area contributed by atoms with Crippen LogP contribution in [0.25, 0.3) is 0 Å². The van der Waals surface area contributed by atoms with Crippen LogP contribution in [0.1, 0.15) is 0 Å². The molecule has 4 heteroatoms. The topological polar surface area (TPSA) is 35.5 Å². The van der Waals surface area contributed by atoms with E-state index >= 15 is 0 Å². The highest BCUT2D eigenvalue weighted by Gasteiger charge is 2.21. The number of hydrogen-bond donors (Lipinski definition) is 1. The number of ether oxygens (including phenoxy) is 2. The maximum Gasteiger partial charge on any atom is 0.133 e. The number of rotatable bonds is 1. The van der Waals surface area contributed by atoms with Gasteiger partial charge in [0.2, 0.25) is 0 Å². The molecule has 0 aromatic carbocycles. The van der Waals surface area contributed by atoms with E-state index in [0.29, 0.717) is 19.8 Å². The molecule has 0 aromatic heterocycles. The molecular weight excluding hydrogens is 152 g/mol. The lowest BCUT2D eigenvalue weighted by molar-refractivity contribution is -0.0526. The summed E-state index contributed by atoms with van der Waals surface area (Å²) in [6.45, 7) is 1.71. The Labute approximate surface area is 62.1 Å². The molecule has 1 aliphatic heterocycles. The molecule has 1 atom stereocenters. The van der Waals surface area contributed by atoms with E-state index in [-0.39, 0.29) is 5.44 Å². The van der Waals surface area contributed by atoms with Crippen LogP contribution in [0.2, 0.25) is 0 Å². The SMILES string of the molecule is C[SH](C)(=O)C1COCCO1. The standard InChI is InChI=1S/C6H14O3S/c1-10(2,7)6-5-8-3-4-9-6/h6,10H,3-5H2,1-2H3. The zero-order chi connectivity index (χ0) is 7.61. The molecule has 3 nitrogen and oxygen atoms in total. The molecule has 0 bridgehead atoms. The molecule has 0 spiro atoms. The lowest BCUT2D eigenvalue weighted by Crippen LogP contribution is -2.38. The van der Waals surface area contributed by atoms with Crippen LogP contribution in [0.15, 0.2) is 0 Å².